The van der Waals surface area contributed by atoms with E-state index in [2.05, 4.69) is 15.0 Å². The average Bonchev–Trinajstić information content (AvgIpc) is 2.80. The Morgan fingerprint density at radius 1 is 0.806 bits per heavy atom. The highest BCUT2D eigenvalue weighted by Crippen LogP contribution is 2.33. The number of rotatable bonds is 4. The minimum Gasteiger partial charge on any atom is -0.507 e. The van der Waals surface area contributed by atoms with E-state index in [1.165, 1.54) is 25.3 Å². The lowest BCUT2D eigenvalue weighted by Crippen LogP contribution is -2.03. The van der Waals surface area contributed by atoms with Gasteiger partial charge < -0.3 is 14.9 Å². The van der Waals surface area contributed by atoms with Crippen LogP contribution in [0, 0.1) is 0 Å². The molecule has 0 fully saturated rings. The minimum absolute atomic E-state index is 0.00997. The third kappa shape index (κ3) is 4.17. The largest absolute Gasteiger partial charge is 0.507 e. The second kappa shape index (κ2) is 8.41. The van der Waals surface area contributed by atoms with Crippen LogP contribution in [-0.2, 0) is 4.74 Å². The van der Waals surface area contributed by atoms with Gasteiger partial charge in [0.15, 0.2) is 17.5 Å². The van der Waals surface area contributed by atoms with Gasteiger partial charge in [-0.25, -0.2) is 19.7 Å². The van der Waals surface area contributed by atoms with Crippen LogP contribution in [0.25, 0.3) is 34.2 Å². The molecular formula is C23H16ClN3O4. The molecule has 154 valence electrons. The maximum atomic E-state index is 11.9. The van der Waals surface area contributed by atoms with Gasteiger partial charge in [0.25, 0.3) is 0 Å². The summed E-state index contributed by atoms with van der Waals surface area (Å²) >= 11 is 6.10. The predicted octanol–water partition coefficient (Wildman–Crippen LogP) is 4.72. The summed E-state index contributed by atoms with van der Waals surface area (Å²) in [5.74, 6) is 0.0305. The zero-order chi connectivity index (χ0) is 22.0. The Kier molecular flexibility index (Phi) is 5.51. The molecule has 0 unspecified atom stereocenters. The Balaban J connectivity index is 1.96. The molecule has 4 rings (SSSR count). The zero-order valence-corrected chi connectivity index (χ0v) is 17.0. The molecule has 4 aromatic rings. The number of phenols is 2. The minimum atomic E-state index is -0.496. The van der Waals surface area contributed by atoms with E-state index < -0.39 is 5.97 Å². The first-order chi connectivity index (χ1) is 15.0. The van der Waals surface area contributed by atoms with E-state index in [0.717, 1.165) is 0 Å². The van der Waals surface area contributed by atoms with Gasteiger partial charge in [0.1, 0.15) is 11.5 Å². The summed E-state index contributed by atoms with van der Waals surface area (Å²) in [7, 11) is 1.30. The Morgan fingerprint density at radius 3 is 2.23 bits per heavy atom. The number of aromatic nitrogens is 3. The number of benzene rings is 3. The highest BCUT2D eigenvalue weighted by molar-refractivity contribution is 6.30. The van der Waals surface area contributed by atoms with Crippen molar-refractivity contribution in [2.24, 2.45) is 0 Å². The van der Waals surface area contributed by atoms with Crippen molar-refractivity contribution in [1.29, 1.82) is 0 Å². The average molecular weight is 434 g/mol. The molecule has 0 spiro atoms. The SMILES string of the molecule is COC(=O)c1cccc(-c2nc(-c3ccccc3O)nc(-c3cc(Cl)ccc3O)n2)c1. The monoisotopic (exact) mass is 433 g/mol. The number of methoxy groups -OCH3 is 1. The molecule has 0 aliphatic heterocycles. The number of esters is 1. The van der Waals surface area contributed by atoms with Crippen molar-refractivity contribution in [2.45, 2.75) is 0 Å². The second-order valence-corrected chi connectivity index (χ2v) is 6.99. The van der Waals surface area contributed by atoms with Gasteiger partial charge in [0.2, 0.25) is 0 Å². The van der Waals surface area contributed by atoms with E-state index in [1.807, 2.05) is 0 Å². The molecule has 0 amide bonds. The van der Waals surface area contributed by atoms with Gasteiger partial charge in [0.05, 0.1) is 23.8 Å². The normalized spacial score (nSPS) is 10.6. The third-order valence-corrected chi connectivity index (χ3v) is 4.76. The number of aromatic hydroxyl groups is 2. The van der Waals surface area contributed by atoms with Gasteiger partial charge in [-0.3, -0.25) is 0 Å². The molecule has 1 heterocycles. The lowest BCUT2D eigenvalue weighted by molar-refractivity contribution is 0.0601. The standard InChI is InChI=1S/C23H16ClN3O4/c1-31-23(30)14-6-4-5-13(11-14)20-25-21(16-7-2-3-8-18(16)28)27-22(26-20)17-12-15(24)9-10-19(17)29/h2-12,28-29H,1H3. The number of ether oxygens (including phenoxy) is 1. The van der Waals surface area contributed by atoms with Crippen molar-refractivity contribution in [3.8, 4) is 45.7 Å². The Labute approximate surface area is 182 Å². The van der Waals surface area contributed by atoms with Crippen molar-refractivity contribution in [1.82, 2.24) is 15.0 Å². The molecule has 1 aromatic heterocycles. The first kappa shape index (κ1) is 20.3. The van der Waals surface area contributed by atoms with Crippen LogP contribution in [0.15, 0.2) is 66.7 Å². The van der Waals surface area contributed by atoms with E-state index in [0.29, 0.717) is 27.3 Å². The number of halogens is 1. The fourth-order valence-electron chi connectivity index (χ4n) is 3.00. The maximum absolute atomic E-state index is 11.9. The van der Waals surface area contributed by atoms with E-state index >= 15 is 0 Å². The first-order valence-electron chi connectivity index (χ1n) is 9.18. The predicted molar refractivity (Wildman–Crippen MR) is 116 cm³/mol. The van der Waals surface area contributed by atoms with Crippen LogP contribution in [0.4, 0.5) is 0 Å². The summed E-state index contributed by atoms with van der Waals surface area (Å²) in [6, 6.07) is 17.8. The third-order valence-electron chi connectivity index (χ3n) is 4.52. The fourth-order valence-corrected chi connectivity index (χ4v) is 3.17. The van der Waals surface area contributed by atoms with E-state index in [-0.39, 0.29) is 29.0 Å². The molecular weight excluding hydrogens is 418 g/mol. The lowest BCUT2D eigenvalue weighted by atomic mass is 10.1. The first-order valence-corrected chi connectivity index (χ1v) is 9.56. The number of nitrogens with zero attached hydrogens (tertiary/aromatic N) is 3. The molecule has 3 aromatic carbocycles. The van der Waals surface area contributed by atoms with Crippen molar-refractivity contribution >= 4 is 17.6 Å². The second-order valence-electron chi connectivity index (χ2n) is 6.56. The summed E-state index contributed by atoms with van der Waals surface area (Å²) < 4.78 is 4.78. The number of hydrogen-bond donors (Lipinski definition) is 2. The van der Waals surface area contributed by atoms with Crippen LogP contribution < -0.4 is 0 Å². The molecule has 0 saturated heterocycles. The molecule has 0 atom stereocenters. The number of carbonyl (C=O) groups is 1. The van der Waals surface area contributed by atoms with E-state index in [1.54, 1.807) is 48.5 Å². The molecule has 0 aliphatic rings. The summed E-state index contributed by atoms with van der Waals surface area (Å²) in [6.45, 7) is 0. The Hall–Kier alpha value is -3.97. The van der Waals surface area contributed by atoms with Gasteiger partial charge in [-0.15, -0.1) is 0 Å². The van der Waals surface area contributed by atoms with Gasteiger partial charge in [-0.1, -0.05) is 35.9 Å². The number of para-hydroxylation sites is 1. The van der Waals surface area contributed by atoms with Crippen LogP contribution in [0.3, 0.4) is 0 Å². The topological polar surface area (TPSA) is 105 Å². The van der Waals surface area contributed by atoms with E-state index in [4.69, 9.17) is 16.3 Å². The summed E-state index contributed by atoms with van der Waals surface area (Å²) in [6.07, 6.45) is 0. The van der Waals surface area contributed by atoms with Crippen LogP contribution in [-0.4, -0.2) is 38.2 Å². The molecule has 2 N–H and O–H groups in total. The van der Waals surface area contributed by atoms with Crippen molar-refractivity contribution < 1.29 is 19.7 Å². The van der Waals surface area contributed by atoms with E-state index in [9.17, 15) is 15.0 Å². The molecule has 0 aliphatic carbocycles. The molecule has 0 bridgehead atoms. The van der Waals surface area contributed by atoms with Crippen LogP contribution >= 0.6 is 11.6 Å². The number of hydrogen-bond acceptors (Lipinski definition) is 7. The van der Waals surface area contributed by atoms with Gasteiger partial charge in [0, 0.05) is 10.6 Å². The Morgan fingerprint density at radius 2 is 1.48 bits per heavy atom. The fraction of sp³-hybridized carbons (Fsp3) is 0.0435. The summed E-state index contributed by atoms with van der Waals surface area (Å²) in [5, 5.41) is 21.0. The lowest BCUT2D eigenvalue weighted by Gasteiger charge is -2.10. The van der Waals surface area contributed by atoms with Crippen molar-refractivity contribution in [2.75, 3.05) is 7.11 Å². The smallest absolute Gasteiger partial charge is 0.337 e. The van der Waals surface area contributed by atoms with Gasteiger partial charge >= 0.3 is 5.97 Å². The van der Waals surface area contributed by atoms with Gasteiger partial charge in [-0.05, 0) is 42.5 Å². The summed E-state index contributed by atoms with van der Waals surface area (Å²) in [4.78, 5) is 25.4. The highest BCUT2D eigenvalue weighted by atomic mass is 35.5. The Bertz CT molecular complexity index is 1290. The van der Waals surface area contributed by atoms with Crippen LogP contribution in [0.2, 0.25) is 5.02 Å². The number of carbonyl (C=O) groups excluding carboxylic acids is 1. The molecule has 31 heavy (non-hydrogen) atoms. The van der Waals surface area contributed by atoms with Crippen LogP contribution in [0.1, 0.15) is 10.4 Å². The number of phenolic OH excluding ortho intramolecular Hbond substituents is 2. The van der Waals surface area contributed by atoms with Gasteiger partial charge in [-0.2, -0.15) is 0 Å². The molecule has 0 radical (unpaired) electrons. The maximum Gasteiger partial charge on any atom is 0.337 e. The highest BCUT2D eigenvalue weighted by Gasteiger charge is 2.17. The van der Waals surface area contributed by atoms with Crippen molar-refractivity contribution in [3.05, 3.63) is 77.3 Å². The quantitative estimate of drug-likeness (QED) is 0.448. The zero-order valence-electron chi connectivity index (χ0n) is 16.3. The molecule has 0 saturated carbocycles. The van der Waals surface area contributed by atoms with Crippen molar-refractivity contribution in [3.63, 3.8) is 0 Å². The summed E-state index contributed by atoms with van der Waals surface area (Å²) in [5.41, 5.74) is 1.55. The molecule has 8 heteroatoms. The molecule has 7 nitrogen and oxygen atoms in total. The van der Waals surface area contributed by atoms with Crippen LogP contribution in [0.5, 0.6) is 11.5 Å².